The third kappa shape index (κ3) is 4.28. The number of nitrogens with zero attached hydrogens (tertiary/aromatic N) is 2. The van der Waals surface area contributed by atoms with Crippen LogP contribution in [0.25, 0.3) is 0 Å². The van der Waals surface area contributed by atoms with Crippen LogP contribution in [0.1, 0.15) is 17.0 Å². The molecule has 0 spiro atoms. The summed E-state index contributed by atoms with van der Waals surface area (Å²) in [7, 11) is 3.23. The predicted octanol–water partition coefficient (Wildman–Crippen LogP) is 4.91. The van der Waals surface area contributed by atoms with Gasteiger partial charge in [0.15, 0.2) is 11.5 Å². The molecule has 0 atom stereocenters. The zero-order chi connectivity index (χ0) is 19.4. The molecule has 0 aliphatic rings. The normalized spacial score (nSPS) is 10.4. The summed E-state index contributed by atoms with van der Waals surface area (Å²) in [4.78, 5) is 8.99. The second-order valence-electron chi connectivity index (χ2n) is 6.27. The summed E-state index contributed by atoms with van der Waals surface area (Å²) in [5.41, 5.74) is 4.25. The molecule has 140 valence electrons. The summed E-state index contributed by atoms with van der Waals surface area (Å²) in [6.45, 7) is 6.02. The minimum absolute atomic E-state index is 0.655. The summed E-state index contributed by atoms with van der Waals surface area (Å²) in [5, 5.41) is 6.71. The molecular weight excluding hydrogens is 340 g/mol. The SMILES string of the molecule is COc1ccc(Nc2cc(Nc3c(C)cccc3C)nc(C)n2)cc1OC. The van der Waals surface area contributed by atoms with E-state index in [1.165, 1.54) is 11.1 Å². The van der Waals surface area contributed by atoms with Crippen LogP contribution in [0.2, 0.25) is 0 Å². The Morgan fingerprint density at radius 2 is 1.37 bits per heavy atom. The highest BCUT2D eigenvalue weighted by Gasteiger charge is 2.09. The van der Waals surface area contributed by atoms with Crippen molar-refractivity contribution < 1.29 is 9.47 Å². The largest absolute Gasteiger partial charge is 0.493 e. The first-order valence-electron chi connectivity index (χ1n) is 8.68. The van der Waals surface area contributed by atoms with Crippen molar-refractivity contribution in [3.8, 4) is 11.5 Å². The van der Waals surface area contributed by atoms with E-state index in [0.717, 1.165) is 17.2 Å². The minimum atomic E-state index is 0.655. The first-order chi connectivity index (χ1) is 13.0. The molecule has 1 aromatic heterocycles. The lowest BCUT2D eigenvalue weighted by Crippen LogP contribution is -2.03. The van der Waals surface area contributed by atoms with E-state index in [1.807, 2.05) is 37.3 Å². The van der Waals surface area contributed by atoms with Gasteiger partial charge in [-0.15, -0.1) is 0 Å². The topological polar surface area (TPSA) is 68.3 Å². The molecule has 0 fully saturated rings. The third-order valence-corrected chi connectivity index (χ3v) is 4.23. The van der Waals surface area contributed by atoms with Crippen LogP contribution < -0.4 is 20.1 Å². The van der Waals surface area contributed by atoms with Crippen molar-refractivity contribution in [1.82, 2.24) is 9.97 Å². The number of rotatable bonds is 6. The molecule has 0 saturated heterocycles. The number of hydrogen-bond acceptors (Lipinski definition) is 6. The van der Waals surface area contributed by atoms with Crippen molar-refractivity contribution in [2.24, 2.45) is 0 Å². The lowest BCUT2D eigenvalue weighted by atomic mass is 10.1. The molecule has 6 nitrogen and oxygen atoms in total. The molecule has 2 N–H and O–H groups in total. The van der Waals surface area contributed by atoms with E-state index in [-0.39, 0.29) is 0 Å². The Bertz CT molecular complexity index is 937. The summed E-state index contributed by atoms with van der Waals surface area (Å²) >= 11 is 0. The Kier molecular flexibility index (Phi) is 5.45. The van der Waals surface area contributed by atoms with E-state index in [2.05, 4.69) is 46.6 Å². The van der Waals surface area contributed by atoms with Gasteiger partial charge in [-0.1, -0.05) is 18.2 Å². The number of ether oxygens (including phenoxy) is 2. The van der Waals surface area contributed by atoms with Gasteiger partial charge in [-0.2, -0.15) is 0 Å². The highest BCUT2D eigenvalue weighted by atomic mass is 16.5. The molecule has 0 saturated carbocycles. The zero-order valence-corrected chi connectivity index (χ0v) is 16.3. The number of nitrogens with one attached hydrogen (secondary N) is 2. The molecule has 3 aromatic rings. The monoisotopic (exact) mass is 364 g/mol. The van der Waals surface area contributed by atoms with Gasteiger partial charge in [0, 0.05) is 23.5 Å². The fourth-order valence-electron chi connectivity index (χ4n) is 2.90. The fraction of sp³-hybridized carbons (Fsp3) is 0.238. The van der Waals surface area contributed by atoms with E-state index < -0.39 is 0 Å². The summed E-state index contributed by atoms with van der Waals surface area (Å²) in [5.74, 6) is 3.45. The molecule has 27 heavy (non-hydrogen) atoms. The van der Waals surface area contributed by atoms with Gasteiger partial charge >= 0.3 is 0 Å². The van der Waals surface area contributed by atoms with E-state index in [1.54, 1.807) is 14.2 Å². The van der Waals surface area contributed by atoms with Gasteiger partial charge in [0.25, 0.3) is 0 Å². The van der Waals surface area contributed by atoms with Crippen LogP contribution in [-0.4, -0.2) is 24.2 Å². The van der Waals surface area contributed by atoms with Gasteiger partial charge in [0.1, 0.15) is 17.5 Å². The van der Waals surface area contributed by atoms with Crippen LogP contribution in [0.15, 0.2) is 42.5 Å². The molecule has 6 heteroatoms. The van der Waals surface area contributed by atoms with Gasteiger partial charge in [-0.05, 0) is 44.0 Å². The standard InChI is InChI=1S/C21H24N4O2/c1-13-7-6-8-14(2)21(13)25-20-12-19(22-15(3)23-20)24-16-9-10-17(26-4)18(11-16)27-5/h6-12H,1-5H3,(H2,22,23,24,25). The smallest absolute Gasteiger partial charge is 0.162 e. The number of aryl methyl sites for hydroxylation is 3. The molecule has 0 bridgehead atoms. The van der Waals surface area contributed by atoms with Crippen molar-refractivity contribution in [3.63, 3.8) is 0 Å². The maximum absolute atomic E-state index is 5.36. The van der Waals surface area contributed by atoms with Crippen molar-refractivity contribution >= 4 is 23.0 Å². The van der Waals surface area contributed by atoms with E-state index in [4.69, 9.17) is 9.47 Å². The lowest BCUT2D eigenvalue weighted by molar-refractivity contribution is 0.355. The number of benzene rings is 2. The number of methoxy groups -OCH3 is 2. The van der Waals surface area contributed by atoms with Crippen LogP contribution >= 0.6 is 0 Å². The van der Waals surface area contributed by atoms with Crippen LogP contribution in [0.5, 0.6) is 11.5 Å². The quantitative estimate of drug-likeness (QED) is 0.648. The summed E-state index contributed by atoms with van der Waals surface area (Å²) < 4.78 is 10.6. The molecule has 2 aromatic carbocycles. The fourth-order valence-corrected chi connectivity index (χ4v) is 2.90. The lowest BCUT2D eigenvalue weighted by Gasteiger charge is -2.14. The van der Waals surface area contributed by atoms with Gasteiger partial charge < -0.3 is 20.1 Å². The minimum Gasteiger partial charge on any atom is -0.493 e. The Balaban J connectivity index is 1.88. The zero-order valence-electron chi connectivity index (χ0n) is 16.3. The molecule has 0 unspecified atom stereocenters. The van der Waals surface area contributed by atoms with Gasteiger partial charge in [0.2, 0.25) is 0 Å². The van der Waals surface area contributed by atoms with E-state index in [9.17, 15) is 0 Å². The van der Waals surface area contributed by atoms with E-state index >= 15 is 0 Å². The van der Waals surface area contributed by atoms with Crippen molar-refractivity contribution in [1.29, 1.82) is 0 Å². The highest BCUT2D eigenvalue weighted by molar-refractivity contribution is 5.68. The second kappa shape index (κ2) is 7.95. The predicted molar refractivity (Wildman–Crippen MR) is 109 cm³/mol. The summed E-state index contributed by atoms with van der Waals surface area (Å²) in [6, 6.07) is 13.7. The number of para-hydroxylation sites is 1. The third-order valence-electron chi connectivity index (χ3n) is 4.23. The van der Waals surface area contributed by atoms with Crippen molar-refractivity contribution in [3.05, 3.63) is 59.4 Å². The number of aromatic nitrogens is 2. The second-order valence-corrected chi connectivity index (χ2v) is 6.27. The Hall–Kier alpha value is -3.28. The first-order valence-corrected chi connectivity index (χ1v) is 8.68. The molecule has 0 amide bonds. The molecule has 0 radical (unpaired) electrons. The number of hydrogen-bond donors (Lipinski definition) is 2. The Morgan fingerprint density at radius 3 is 2.00 bits per heavy atom. The van der Waals surface area contributed by atoms with Crippen LogP contribution in [-0.2, 0) is 0 Å². The number of anilines is 4. The molecule has 0 aliphatic heterocycles. The van der Waals surface area contributed by atoms with Crippen LogP contribution in [0, 0.1) is 20.8 Å². The maximum atomic E-state index is 5.36. The van der Waals surface area contributed by atoms with Crippen molar-refractivity contribution in [2.45, 2.75) is 20.8 Å². The average Bonchev–Trinajstić information content (AvgIpc) is 2.64. The molecule has 3 rings (SSSR count). The molecule has 0 aliphatic carbocycles. The summed E-state index contributed by atoms with van der Waals surface area (Å²) in [6.07, 6.45) is 0. The molecule has 1 heterocycles. The van der Waals surface area contributed by atoms with Crippen molar-refractivity contribution in [2.75, 3.05) is 24.9 Å². The van der Waals surface area contributed by atoms with Gasteiger partial charge in [-0.25, -0.2) is 9.97 Å². The highest BCUT2D eigenvalue weighted by Crippen LogP contribution is 2.31. The first kappa shape index (κ1) is 18.5. The van der Waals surface area contributed by atoms with E-state index in [0.29, 0.717) is 23.1 Å². The van der Waals surface area contributed by atoms with Gasteiger partial charge in [-0.3, -0.25) is 0 Å². The Labute approximate surface area is 159 Å². The Morgan fingerprint density at radius 1 is 0.741 bits per heavy atom. The van der Waals surface area contributed by atoms with Crippen LogP contribution in [0.4, 0.5) is 23.0 Å². The average molecular weight is 364 g/mol. The molecular formula is C21H24N4O2. The van der Waals surface area contributed by atoms with Gasteiger partial charge in [0.05, 0.1) is 14.2 Å². The maximum Gasteiger partial charge on any atom is 0.162 e. The van der Waals surface area contributed by atoms with Crippen LogP contribution in [0.3, 0.4) is 0 Å².